The van der Waals surface area contributed by atoms with Crippen molar-refractivity contribution in [2.24, 2.45) is 17.4 Å². The van der Waals surface area contributed by atoms with Crippen molar-refractivity contribution in [2.75, 3.05) is 13.1 Å². The van der Waals surface area contributed by atoms with E-state index in [-0.39, 0.29) is 0 Å². The van der Waals surface area contributed by atoms with E-state index in [0.717, 1.165) is 12.8 Å². The lowest BCUT2D eigenvalue weighted by Gasteiger charge is -2.16. The van der Waals surface area contributed by atoms with Gasteiger partial charge in [-0.05, 0) is 49.9 Å². The maximum Gasteiger partial charge on any atom is 0.00764 e. The number of aryl methyl sites for hydroxylation is 1. The smallest absolute Gasteiger partial charge is 0.00764 e. The van der Waals surface area contributed by atoms with Crippen LogP contribution in [0.3, 0.4) is 0 Å². The molecule has 15 heavy (non-hydrogen) atoms. The Hall–Kier alpha value is -0.380. The van der Waals surface area contributed by atoms with Gasteiger partial charge in [-0.25, -0.2) is 0 Å². The molecule has 2 nitrogen and oxygen atoms in total. The van der Waals surface area contributed by atoms with Crippen molar-refractivity contribution in [1.29, 1.82) is 0 Å². The quantitative estimate of drug-likeness (QED) is 0.782. The predicted octanol–water partition coefficient (Wildman–Crippen LogP) is 2.34. The Morgan fingerprint density at radius 1 is 1.27 bits per heavy atom. The zero-order valence-corrected chi connectivity index (χ0v) is 10.5. The third kappa shape index (κ3) is 3.59. The molecule has 0 saturated heterocycles. The maximum atomic E-state index is 5.66. The summed E-state index contributed by atoms with van der Waals surface area (Å²) in [5.74, 6) is 1.06. The molecule has 0 aliphatic carbocycles. The molecule has 0 aliphatic heterocycles. The number of hydrogen-bond donors (Lipinski definition) is 2. The van der Waals surface area contributed by atoms with Gasteiger partial charge in [-0.1, -0.05) is 13.8 Å². The highest BCUT2D eigenvalue weighted by atomic mass is 32.1. The molecule has 1 aromatic rings. The Morgan fingerprint density at radius 2 is 1.93 bits per heavy atom. The van der Waals surface area contributed by atoms with Crippen LogP contribution in [-0.4, -0.2) is 13.1 Å². The third-order valence-electron chi connectivity index (χ3n) is 2.87. The molecular formula is C12H22N2S. The number of thiophene rings is 1. The summed E-state index contributed by atoms with van der Waals surface area (Å²) >= 11 is 1.92. The second kappa shape index (κ2) is 6.26. The van der Waals surface area contributed by atoms with Crippen LogP contribution in [0.2, 0.25) is 0 Å². The summed E-state index contributed by atoms with van der Waals surface area (Å²) in [6.45, 7) is 5.87. The fourth-order valence-corrected chi connectivity index (χ4v) is 2.77. The number of nitrogens with two attached hydrogens (primary N) is 2. The van der Waals surface area contributed by atoms with E-state index in [1.807, 2.05) is 11.3 Å². The van der Waals surface area contributed by atoms with Crippen molar-refractivity contribution >= 4 is 11.3 Å². The molecule has 3 heteroatoms. The van der Waals surface area contributed by atoms with E-state index in [1.165, 1.54) is 9.75 Å². The summed E-state index contributed by atoms with van der Waals surface area (Å²) < 4.78 is 0. The molecule has 0 spiro atoms. The van der Waals surface area contributed by atoms with Gasteiger partial charge in [-0.15, -0.1) is 11.3 Å². The van der Waals surface area contributed by atoms with E-state index >= 15 is 0 Å². The molecule has 4 N–H and O–H groups in total. The van der Waals surface area contributed by atoms with Crippen molar-refractivity contribution in [3.8, 4) is 0 Å². The topological polar surface area (TPSA) is 52.0 Å². The molecule has 0 saturated carbocycles. The molecule has 1 rings (SSSR count). The number of hydrogen-bond acceptors (Lipinski definition) is 3. The van der Waals surface area contributed by atoms with Crippen molar-refractivity contribution in [3.63, 3.8) is 0 Å². The molecule has 1 heterocycles. The Bertz CT molecular complexity index is 279. The highest BCUT2D eigenvalue weighted by Crippen LogP contribution is 2.29. The second-order valence-corrected chi connectivity index (χ2v) is 5.33. The van der Waals surface area contributed by atoms with E-state index in [1.54, 1.807) is 0 Å². The largest absolute Gasteiger partial charge is 0.330 e. The first-order valence-electron chi connectivity index (χ1n) is 5.70. The minimum Gasteiger partial charge on any atom is -0.330 e. The van der Waals surface area contributed by atoms with Crippen LogP contribution in [0.1, 0.15) is 35.9 Å². The Labute approximate surface area is 96.7 Å². The summed E-state index contributed by atoms with van der Waals surface area (Å²) in [4.78, 5) is 2.94. The highest BCUT2D eigenvalue weighted by Gasteiger charge is 2.13. The zero-order chi connectivity index (χ0) is 11.3. The van der Waals surface area contributed by atoms with Gasteiger partial charge < -0.3 is 11.5 Å². The van der Waals surface area contributed by atoms with E-state index in [4.69, 9.17) is 11.5 Å². The average molecular weight is 226 g/mol. The Kier molecular flexibility index (Phi) is 5.29. The molecule has 0 aliphatic rings. The summed E-state index contributed by atoms with van der Waals surface area (Å²) in [7, 11) is 0. The van der Waals surface area contributed by atoms with Crippen LogP contribution in [0.25, 0.3) is 0 Å². The molecule has 0 fully saturated rings. The van der Waals surface area contributed by atoms with E-state index in [0.29, 0.717) is 24.9 Å². The first kappa shape index (κ1) is 12.7. The van der Waals surface area contributed by atoms with Gasteiger partial charge in [-0.3, -0.25) is 0 Å². The van der Waals surface area contributed by atoms with Gasteiger partial charge in [0.2, 0.25) is 0 Å². The number of rotatable bonds is 6. The second-order valence-electron chi connectivity index (χ2n) is 4.13. The van der Waals surface area contributed by atoms with Crippen LogP contribution in [-0.2, 0) is 6.42 Å². The summed E-state index contributed by atoms with van der Waals surface area (Å²) in [6.07, 6.45) is 2.24. The van der Waals surface area contributed by atoms with Gasteiger partial charge in [0.15, 0.2) is 0 Å². The van der Waals surface area contributed by atoms with Crippen LogP contribution < -0.4 is 11.5 Å². The molecule has 1 aromatic heterocycles. The molecule has 1 unspecified atom stereocenters. The monoisotopic (exact) mass is 226 g/mol. The van der Waals surface area contributed by atoms with Gasteiger partial charge in [0, 0.05) is 9.75 Å². The van der Waals surface area contributed by atoms with Crippen molar-refractivity contribution in [2.45, 2.75) is 32.6 Å². The minimum absolute atomic E-state index is 0.465. The van der Waals surface area contributed by atoms with Crippen LogP contribution in [0.15, 0.2) is 12.1 Å². The van der Waals surface area contributed by atoms with Crippen LogP contribution >= 0.6 is 11.3 Å². The van der Waals surface area contributed by atoms with Crippen molar-refractivity contribution in [1.82, 2.24) is 0 Å². The fraction of sp³-hybridized carbons (Fsp3) is 0.667. The summed E-state index contributed by atoms with van der Waals surface area (Å²) in [6, 6.07) is 4.48. The van der Waals surface area contributed by atoms with Crippen LogP contribution in [0.5, 0.6) is 0 Å². The molecular weight excluding hydrogens is 204 g/mol. The molecule has 0 amide bonds. The lowest BCUT2D eigenvalue weighted by Crippen LogP contribution is -2.24. The van der Waals surface area contributed by atoms with Gasteiger partial charge in [0.1, 0.15) is 0 Å². The van der Waals surface area contributed by atoms with E-state index in [9.17, 15) is 0 Å². The fourth-order valence-electron chi connectivity index (χ4n) is 1.75. The van der Waals surface area contributed by atoms with E-state index < -0.39 is 0 Å². The average Bonchev–Trinajstić information content (AvgIpc) is 2.74. The van der Waals surface area contributed by atoms with Crippen LogP contribution in [0.4, 0.5) is 0 Å². The van der Waals surface area contributed by atoms with Gasteiger partial charge >= 0.3 is 0 Å². The van der Waals surface area contributed by atoms with Gasteiger partial charge in [-0.2, -0.15) is 0 Å². The first-order chi connectivity index (χ1) is 7.21. The lowest BCUT2D eigenvalue weighted by atomic mass is 9.95. The predicted molar refractivity (Wildman–Crippen MR) is 68.3 cm³/mol. The first-order valence-corrected chi connectivity index (χ1v) is 6.51. The molecule has 1 atom stereocenters. The molecule has 0 bridgehead atoms. The highest BCUT2D eigenvalue weighted by molar-refractivity contribution is 7.12. The Morgan fingerprint density at radius 3 is 2.40 bits per heavy atom. The third-order valence-corrected chi connectivity index (χ3v) is 4.33. The van der Waals surface area contributed by atoms with Crippen LogP contribution in [0, 0.1) is 5.92 Å². The summed E-state index contributed by atoms with van der Waals surface area (Å²) in [5, 5.41) is 0. The lowest BCUT2D eigenvalue weighted by molar-refractivity contribution is 0.468. The van der Waals surface area contributed by atoms with Crippen molar-refractivity contribution in [3.05, 3.63) is 21.9 Å². The Balaban J connectivity index is 2.55. The van der Waals surface area contributed by atoms with E-state index in [2.05, 4.69) is 26.0 Å². The SMILES string of the molecule is CCc1ccc(C(C)CC(CN)CN)s1. The minimum atomic E-state index is 0.465. The molecule has 0 radical (unpaired) electrons. The van der Waals surface area contributed by atoms with Gasteiger partial charge in [0.05, 0.1) is 0 Å². The maximum absolute atomic E-state index is 5.66. The summed E-state index contributed by atoms with van der Waals surface area (Å²) in [5.41, 5.74) is 11.3. The normalized spacial score (nSPS) is 13.4. The standard InChI is InChI=1S/C12H22N2S/c1-3-11-4-5-12(15-11)9(2)6-10(7-13)8-14/h4-5,9-10H,3,6-8,13-14H2,1-2H3. The zero-order valence-electron chi connectivity index (χ0n) is 9.70. The molecule has 86 valence electrons. The van der Waals surface area contributed by atoms with Gasteiger partial charge in [0.25, 0.3) is 0 Å². The molecule has 0 aromatic carbocycles. The van der Waals surface area contributed by atoms with Crippen molar-refractivity contribution < 1.29 is 0 Å².